The number of hydrogen-bond acceptors (Lipinski definition) is 4. The lowest BCUT2D eigenvalue weighted by Crippen LogP contribution is -2.40. The molecule has 0 unspecified atom stereocenters. The van der Waals surface area contributed by atoms with Crippen LogP contribution in [0.5, 0.6) is 5.75 Å². The van der Waals surface area contributed by atoms with E-state index in [0.717, 1.165) is 39.5 Å². The Morgan fingerprint density at radius 3 is 2.59 bits per heavy atom. The Bertz CT molecular complexity index is 953. The Morgan fingerprint density at radius 1 is 1.14 bits per heavy atom. The van der Waals surface area contributed by atoms with Crippen LogP contribution in [0.2, 0.25) is 0 Å². The molecule has 1 saturated carbocycles. The summed E-state index contributed by atoms with van der Waals surface area (Å²) in [5.74, 6) is 0.830. The minimum atomic E-state index is 0.0588. The monoisotopic (exact) mass is 470 g/mol. The van der Waals surface area contributed by atoms with Gasteiger partial charge < -0.3 is 4.74 Å². The quantitative estimate of drug-likeness (QED) is 0.485. The van der Waals surface area contributed by atoms with Crippen LogP contribution in [-0.2, 0) is 4.79 Å². The molecule has 1 amide bonds. The number of ether oxygens (including phenoxy) is 1. The maximum atomic E-state index is 13.3. The van der Waals surface area contributed by atoms with Crippen LogP contribution in [0.15, 0.2) is 62.9 Å². The minimum Gasteiger partial charge on any atom is -0.496 e. The van der Waals surface area contributed by atoms with E-state index in [1.54, 1.807) is 7.11 Å². The van der Waals surface area contributed by atoms with Gasteiger partial charge in [-0.05, 0) is 76.4 Å². The summed E-state index contributed by atoms with van der Waals surface area (Å²) in [6.45, 7) is 0. The number of benzene rings is 2. The lowest BCUT2D eigenvalue weighted by molar-refractivity contribution is -0.124. The Kier molecular flexibility index (Phi) is 6.40. The molecule has 29 heavy (non-hydrogen) atoms. The molecule has 150 valence electrons. The number of amides is 1. The lowest BCUT2D eigenvalue weighted by Gasteiger charge is -2.30. The van der Waals surface area contributed by atoms with Crippen molar-refractivity contribution in [3.63, 3.8) is 0 Å². The summed E-state index contributed by atoms with van der Waals surface area (Å²) in [7, 11) is 1.64. The van der Waals surface area contributed by atoms with Gasteiger partial charge in [-0.15, -0.1) is 0 Å². The smallest absolute Gasteiger partial charge is 0.267 e. The molecule has 0 aromatic heterocycles. The molecule has 6 heteroatoms. The van der Waals surface area contributed by atoms with Crippen LogP contribution < -0.4 is 4.74 Å². The number of amidine groups is 1. The molecule has 1 heterocycles. The van der Waals surface area contributed by atoms with Gasteiger partial charge in [0.05, 0.1) is 22.2 Å². The molecule has 0 N–H and O–H groups in total. The van der Waals surface area contributed by atoms with Crippen molar-refractivity contribution < 1.29 is 9.53 Å². The van der Waals surface area contributed by atoms with Crippen molar-refractivity contribution in [3.8, 4) is 5.75 Å². The van der Waals surface area contributed by atoms with E-state index >= 15 is 0 Å². The summed E-state index contributed by atoms with van der Waals surface area (Å²) >= 11 is 4.99. The number of halogens is 1. The molecule has 1 aliphatic carbocycles. The van der Waals surface area contributed by atoms with E-state index in [1.165, 1.54) is 31.0 Å². The van der Waals surface area contributed by atoms with Gasteiger partial charge in [-0.25, -0.2) is 4.99 Å². The molecule has 0 atom stereocenters. The van der Waals surface area contributed by atoms with E-state index < -0.39 is 0 Å². The van der Waals surface area contributed by atoms with Crippen LogP contribution in [0, 0.1) is 0 Å². The zero-order chi connectivity index (χ0) is 20.2. The number of methoxy groups -OCH3 is 1. The van der Waals surface area contributed by atoms with E-state index in [2.05, 4.69) is 15.9 Å². The molecule has 2 aliphatic rings. The zero-order valence-electron chi connectivity index (χ0n) is 16.3. The van der Waals surface area contributed by atoms with Crippen molar-refractivity contribution in [2.75, 3.05) is 7.11 Å². The van der Waals surface area contributed by atoms with Gasteiger partial charge in [-0.3, -0.25) is 9.69 Å². The standard InChI is InChI=1S/C23H23BrN2O2S/c1-28-20-13-12-16(14-19(20)24)15-21-22(27)26(18-10-6-3-7-11-18)23(29-21)25-17-8-4-2-5-9-17/h2,4-5,8-9,12-15,18H,3,6-7,10-11H2,1H3. The fourth-order valence-electron chi connectivity index (χ4n) is 3.76. The number of rotatable bonds is 4. The first-order valence-corrected chi connectivity index (χ1v) is 11.5. The Labute approximate surface area is 184 Å². The van der Waals surface area contributed by atoms with Gasteiger partial charge in [0, 0.05) is 6.04 Å². The zero-order valence-corrected chi connectivity index (χ0v) is 18.7. The molecule has 0 bridgehead atoms. The fourth-order valence-corrected chi connectivity index (χ4v) is 5.38. The van der Waals surface area contributed by atoms with Gasteiger partial charge in [0.25, 0.3) is 5.91 Å². The summed E-state index contributed by atoms with van der Waals surface area (Å²) in [5, 5.41) is 0.784. The second-order valence-electron chi connectivity index (χ2n) is 7.20. The molecule has 0 spiro atoms. The topological polar surface area (TPSA) is 41.9 Å². The van der Waals surface area contributed by atoms with Crippen molar-refractivity contribution in [2.45, 2.75) is 38.1 Å². The molecular weight excluding hydrogens is 448 g/mol. The van der Waals surface area contributed by atoms with Crippen LogP contribution in [0.4, 0.5) is 5.69 Å². The highest BCUT2D eigenvalue weighted by molar-refractivity contribution is 9.10. The molecule has 4 rings (SSSR count). The maximum absolute atomic E-state index is 13.3. The van der Waals surface area contributed by atoms with E-state index in [1.807, 2.05) is 59.5 Å². The predicted molar refractivity (Wildman–Crippen MR) is 124 cm³/mol. The fraction of sp³-hybridized carbons (Fsp3) is 0.304. The Balaban J connectivity index is 1.68. The maximum Gasteiger partial charge on any atom is 0.267 e. The number of carbonyl (C=O) groups is 1. The van der Waals surface area contributed by atoms with Gasteiger partial charge in [0.2, 0.25) is 0 Å². The third kappa shape index (κ3) is 4.59. The molecule has 1 aliphatic heterocycles. The van der Waals surface area contributed by atoms with Crippen molar-refractivity contribution >= 4 is 50.5 Å². The average molecular weight is 471 g/mol. The number of aliphatic imine (C=N–C) groups is 1. The summed E-state index contributed by atoms with van der Waals surface area (Å²) in [6, 6.07) is 15.9. The molecule has 2 aromatic rings. The van der Waals surface area contributed by atoms with Crippen LogP contribution in [0.25, 0.3) is 6.08 Å². The van der Waals surface area contributed by atoms with Crippen molar-refractivity contribution in [3.05, 3.63) is 63.5 Å². The molecular formula is C23H23BrN2O2S. The van der Waals surface area contributed by atoms with Gasteiger partial charge in [0.15, 0.2) is 5.17 Å². The highest BCUT2D eigenvalue weighted by Gasteiger charge is 2.38. The number of thioether (sulfide) groups is 1. The van der Waals surface area contributed by atoms with Gasteiger partial charge in [0.1, 0.15) is 5.75 Å². The van der Waals surface area contributed by atoms with Crippen LogP contribution in [-0.4, -0.2) is 29.1 Å². The summed E-state index contributed by atoms with van der Waals surface area (Å²) in [5.41, 5.74) is 1.83. The SMILES string of the molecule is COc1ccc(C=C2SC(=Nc3ccccc3)N(C3CCCCC3)C2=O)cc1Br. The minimum absolute atomic E-state index is 0.0588. The average Bonchev–Trinajstić information content (AvgIpc) is 3.04. The third-order valence-electron chi connectivity index (χ3n) is 5.23. The number of carbonyl (C=O) groups excluding carboxylic acids is 1. The molecule has 1 saturated heterocycles. The first-order chi connectivity index (χ1) is 14.2. The second kappa shape index (κ2) is 9.18. The third-order valence-corrected chi connectivity index (χ3v) is 6.83. The molecule has 4 nitrogen and oxygen atoms in total. The first kappa shape index (κ1) is 20.2. The highest BCUT2D eigenvalue weighted by Crippen LogP contribution is 2.39. The number of para-hydroxylation sites is 1. The Morgan fingerprint density at radius 2 is 1.90 bits per heavy atom. The first-order valence-electron chi connectivity index (χ1n) is 9.86. The van der Waals surface area contributed by atoms with E-state index in [9.17, 15) is 4.79 Å². The lowest BCUT2D eigenvalue weighted by atomic mass is 9.94. The molecule has 2 fully saturated rings. The normalized spacial score (nSPS) is 20.6. The van der Waals surface area contributed by atoms with Crippen molar-refractivity contribution in [1.29, 1.82) is 0 Å². The largest absolute Gasteiger partial charge is 0.496 e. The van der Waals surface area contributed by atoms with Crippen molar-refractivity contribution in [1.82, 2.24) is 4.90 Å². The summed E-state index contributed by atoms with van der Waals surface area (Å²) < 4.78 is 6.17. The van der Waals surface area contributed by atoms with Crippen LogP contribution in [0.3, 0.4) is 0 Å². The summed E-state index contributed by atoms with van der Waals surface area (Å²) in [4.78, 5) is 20.8. The highest BCUT2D eigenvalue weighted by atomic mass is 79.9. The number of nitrogens with zero attached hydrogens (tertiary/aromatic N) is 2. The van der Waals surface area contributed by atoms with Gasteiger partial charge in [-0.1, -0.05) is 43.5 Å². The molecule has 0 radical (unpaired) electrons. The predicted octanol–water partition coefficient (Wildman–Crippen LogP) is 6.39. The molecule has 2 aromatic carbocycles. The second-order valence-corrected chi connectivity index (χ2v) is 9.06. The van der Waals surface area contributed by atoms with Crippen molar-refractivity contribution in [2.24, 2.45) is 4.99 Å². The van der Waals surface area contributed by atoms with E-state index in [4.69, 9.17) is 9.73 Å². The summed E-state index contributed by atoms with van der Waals surface area (Å²) in [6.07, 6.45) is 7.62. The van der Waals surface area contributed by atoms with E-state index in [-0.39, 0.29) is 11.9 Å². The van der Waals surface area contributed by atoms with E-state index in [0.29, 0.717) is 4.91 Å². The van der Waals surface area contributed by atoms with Gasteiger partial charge >= 0.3 is 0 Å². The van der Waals surface area contributed by atoms with Crippen LogP contribution >= 0.6 is 27.7 Å². The number of hydrogen-bond donors (Lipinski definition) is 0. The van der Waals surface area contributed by atoms with Crippen LogP contribution in [0.1, 0.15) is 37.7 Å². The van der Waals surface area contributed by atoms with Gasteiger partial charge in [-0.2, -0.15) is 0 Å². The Hall–Kier alpha value is -2.05.